The van der Waals surface area contributed by atoms with Crippen molar-refractivity contribution in [3.05, 3.63) is 36.2 Å². The summed E-state index contributed by atoms with van der Waals surface area (Å²) in [6.07, 6.45) is 4.01. The van der Waals surface area contributed by atoms with E-state index < -0.39 is 39.3 Å². The molecule has 0 radical (unpaired) electrons. The van der Waals surface area contributed by atoms with E-state index in [1.54, 1.807) is 33.8 Å². The highest BCUT2D eigenvalue weighted by Crippen LogP contribution is 2.59. The second kappa shape index (κ2) is 17.0. The number of carboxylic acid groups (broad SMARTS) is 2. The predicted octanol–water partition coefficient (Wildman–Crippen LogP) is 11.4. The van der Waals surface area contributed by atoms with Crippen molar-refractivity contribution < 1.29 is 29.3 Å². The van der Waals surface area contributed by atoms with Crippen LogP contribution in [-0.2, 0) is 28.5 Å². The van der Waals surface area contributed by atoms with Gasteiger partial charge in [0.2, 0.25) is 0 Å². The molecular formula is C44H66N8O6S2Si2. The van der Waals surface area contributed by atoms with Crippen molar-refractivity contribution in [3.63, 3.8) is 0 Å². The molecule has 0 aliphatic carbocycles. The first-order valence-corrected chi connectivity index (χ1v) is 30.9. The summed E-state index contributed by atoms with van der Waals surface area (Å²) in [5, 5.41) is 22.4. The van der Waals surface area contributed by atoms with Crippen molar-refractivity contribution in [2.75, 3.05) is 26.3 Å². The summed E-state index contributed by atoms with van der Waals surface area (Å²) < 4.78 is 18.8. The van der Waals surface area contributed by atoms with Crippen molar-refractivity contribution in [1.82, 2.24) is 38.9 Å². The summed E-state index contributed by atoms with van der Waals surface area (Å²) in [6, 6.07) is 5.85. The second-order valence-electron chi connectivity index (χ2n) is 21.6. The Morgan fingerprint density at radius 1 is 0.774 bits per heavy atom. The van der Waals surface area contributed by atoms with E-state index in [9.17, 15) is 19.8 Å². The molecule has 4 aromatic heterocycles. The smallest absolute Gasteiger partial charge is 0.408 e. The van der Waals surface area contributed by atoms with Crippen molar-refractivity contribution in [1.29, 1.82) is 0 Å². The zero-order valence-electron chi connectivity index (χ0n) is 38.7. The number of ether oxygens (including phenoxy) is 2. The Bertz CT molecular complexity index is 2380. The number of hydrogen-bond donors (Lipinski definition) is 2. The van der Waals surface area contributed by atoms with Crippen LogP contribution in [0.5, 0.6) is 0 Å². The average Bonchev–Trinajstić information content (AvgIpc) is 3.99. The Morgan fingerprint density at radius 3 is 1.81 bits per heavy atom. The van der Waals surface area contributed by atoms with E-state index in [2.05, 4.69) is 97.5 Å². The number of nitrogens with zero attached hydrogens (tertiary/aromatic N) is 8. The minimum absolute atomic E-state index is 0.0112. The van der Waals surface area contributed by atoms with Gasteiger partial charge < -0.3 is 19.7 Å². The van der Waals surface area contributed by atoms with Gasteiger partial charge in [0.05, 0.1) is 50.3 Å². The van der Waals surface area contributed by atoms with Crippen LogP contribution in [0.25, 0.3) is 41.8 Å². The van der Waals surface area contributed by atoms with Crippen molar-refractivity contribution in [2.24, 2.45) is 16.7 Å². The van der Waals surface area contributed by atoms with E-state index in [1.165, 1.54) is 4.90 Å². The quantitative estimate of drug-likeness (QED) is 0.0810. The lowest BCUT2D eigenvalue weighted by Gasteiger charge is -2.53. The van der Waals surface area contributed by atoms with Gasteiger partial charge in [0.15, 0.2) is 0 Å². The minimum Gasteiger partial charge on any atom is -0.465 e. The number of hydrogen-bond acceptors (Lipinski definition) is 10. The molecule has 7 rings (SSSR count). The number of imidazole rings is 2. The zero-order chi connectivity index (χ0) is 45.2. The van der Waals surface area contributed by atoms with Crippen LogP contribution in [0.3, 0.4) is 0 Å². The molecule has 18 heteroatoms. The number of rotatable bonds is 14. The first-order chi connectivity index (χ1) is 28.9. The van der Waals surface area contributed by atoms with Gasteiger partial charge in [-0.1, -0.05) is 80.8 Å². The van der Waals surface area contributed by atoms with Gasteiger partial charge in [0, 0.05) is 42.5 Å². The van der Waals surface area contributed by atoms with E-state index in [4.69, 9.17) is 29.4 Å². The van der Waals surface area contributed by atoms with Crippen LogP contribution in [0.1, 0.15) is 78.5 Å². The molecule has 2 fully saturated rings. The number of thiazole rings is 2. The number of likely N-dealkylation sites (tertiary alicyclic amines) is 2. The van der Waals surface area contributed by atoms with Crippen LogP contribution < -0.4 is 0 Å². The maximum atomic E-state index is 13.2. The highest BCUT2D eigenvalue weighted by atomic mass is 32.1. The molecule has 5 aromatic rings. The van der Waals surface area contributed by atoms with Gasteiger partial charge in [-0.05, 0) is 60.2 Å². The Labute approximate surface area is 375 Å². The van der Waals surface area contributed by atoms with E-state index in [0.29, 0.717) is 44.4 Å². The van der Waals surface area contributed by atoms with Gasteiger partial charge in [0.1, 0.15) is 40.7 Å². The molecule has 2 N–H and O–H groups in total. The number of benzene rings is 1. The van der Waals surface area contributed by atoms with Crippen LogP contribution in [0.15, 0.2) is 24.5 Å². The highest BCUT2D eigenvalue weighted by molar-refractivity contribution is 7.23. The van der Waals surface area contributed by atoms with Crippen LogP contribution >= 0.6 is 22.7 Å². The molecule has 1 unspecified atom stereocenters. The van der Waals surface area contributed by atoms with Gasteiger partial charge in [-0.25, -0.2) is 29.5 Å². The lowest BCUT2D eigenvalue weighted by atomic mass is 9.59. The van der Waals surface area contributed by atoms with Crippen LogP contribution in [0.4, 0.5) is 9.59 Å². The summed E-state index contributed by atoms with van der Waals surface area (Å²) in [4.78, 5) is 48.9. The Hall–Kier alpha value is -3.69. The van der Waals surface area contributed by atoms with Crippen molar-refractivity contribution >= 4 is 71.4 Å². The molecule has 14 nitrogen and oxygen atoms in total. The Kier molecular flexibility index (Phi) is 12.7. The second-order valence-corrected chi connectivity index (χ2v) is 34.9. The third kappa shape index (κ3) is 9.01. The summed E-state index contributed by atoms with van der Waals surface area (Å²) >= 11 is 3.12. The topological polar surface area (TPSA) is 161 Å². The van der Waals surface area contributed by atoms with Crippen molar-refractivity contribution in [2.45, 2.75) is 137 Å². The van der Waals surface area contributed by atoms with Crippen LogP contribution in [0.2, 0.25) is 51.4 Å². The maximum absolute atomic E-state index is 13.2. The molecule has 2 saturated heterocycles. The van der Waals surface area contributed by atoms with Gasteiger partial charge in [-0.3, -0.25) is 18.9 Å². The number of fused-ring (bicyclic) bond motifs is 2. The molecule has 6 heterocycles. The molecule has 0 saturated carbocycles. The van der Waals surface area contributed by atoms with E-state index in [1.807, 2.05) is 10.8 Å². The van der Waals surface area contributed by atoms with Gasteiger partial charge >= 0.3 is 12.2 Å². The predicted molar refractivity (Wildman–Crippen MR) is 254 cm³/mol. The fourth-order valence-electron chi connectivity index (χ4n) is 9.52. The maximum Gasteiger partial charge on any atom is 0.408 e. The fraction of sp³-hybridized carbons (Fsp3) is 0.636. The standard InChI is InChI=1S/C44H66N8O6S2Si2/c1-42(2,3)35-15-17-52(41(55)56)44(35,43(4,5)6)39-46-25-32(51(39)27-58-19-21-62(10,11)12)38-48-29-23-33-28(22-34(29)60-38)47-37(59-33)31-24-45-36(30-14-13-16-49(30)40(53)54)50(31)26-57-18-20-61(7,8)9/h22-25,30,35H,13-21,26-27H2,1-12H3,(H,53,54)(H,55,56)/t30-,35?,44+/m0/s1. The monoisotopic (exact) mass is 922 g/mol. The molecule has 2 amide bonds. The van der Waals surface area contributed by atoms with Gasteiger partial charge in [-0.2, -0.15) is 0 Å². The molecule has 2 aliphatic heterocycles. The molecular weight excluding hydrogens is 857 g/mol. The third-order valence-corrected chi connectivity index (χ3v) is 18.1. The molecule has 2 aliphatic rings. The Morgan fingerprint density at radius 2 is 1.31 bits per heavy atom. The van der Waals surface area contributed by atoms with Crippen molar-refractivity contribution in [3.8, 4) is 21.4 Å². The lowest BCUT2D eigenvalue weighted by Crippen LogP contribution is -2.59. The molecule has 0 spiro atoms. The molecule has 1 aromatic carbocycles. The van der Waals surface area contributed by atoms with Gasteiger partial charge in [-0.15, -0.1) is 22.7 Å². The van der Waals surface area contributed by atoms with E-state index in [0.717, 1.165) is 66.8 Å². The molecule has 62 heavy (non-hydrogen) atoms. The van der Waals surface area contributed by atoms with Crippen LogP contribution in [-0.4, -0.2) is 104 Å². The molecule has 0 bridgehead atoms. The summed E-state index contributed by atoms with van der Waals surface area (Å²) in [5.74, 6) is 1.37. The van der Waals surface area contributed by atoms with Gasteiger partial charge in [0.25, 0.3) is 0 Å². The first kappa shape index (κ1) is 46.3. The number of amides is 2. The Balaban J connectivity index is 1.29. The zero-order valence-corrected chi connectivity index (χ0v) is 42.3. The minimum atomic E-state index is -1.38. The highest BCUT2D eigenvalue weighted by Gasteiger charge is 2.64. The number of aromatic nitrogens is 6. The summed E-state index contributed by atoms with van der Waals surface area (Å²) in [6.45, 7) is 29.6. The lowest BCUT2D eigenvalue weighted by molar-refractivity contribution is -0.0476. The summed E-state index contributed by atoms with van der Waals surface area (Å²) in [5.41, 5.74) is 1.61. The normalized spacial score (nSPS) is 20.4. The fourth-order valence-corrected chi connectivity index (χ4v) is 13.0. The third-order valence-electron chi connectivity index (χ3n) is 12.6. The molecule has 338 valence electrons. The molecule has 3 atom stereocenters. The first-order valence-electron chi connectivity index (χ1n) is 21.9. The largest absolute Gasteiger partial charge is 0.465 e. The van der Waals surface area contributed by atoms with E-state index in [-0.39, 0.29) is 30.8 Å². The van der Waals surface area contributed by atoms with Crippen LogP contribution in [0, 0.1) is 16.7 Å². The summed E-state index contributed by atoms with van der Waals surface area (Å²) in [7, 11) is -2.70. The number of carbonyl (C=O) groups is 2. The average molecular weight is 923 g/mol. The SMILES string of the molecule is CC(C)(C)C1CCN(C(=O)O)[C@]1(c1ncc(-c2nc3cc4sc(-c5cnc([C@@H]6CCCN6C(=O)O)n5COCC[Si](C)(C)C)nc4cc3s2)n1COCC[Si](C)(C)C)C(C)(C)C. The van der Waals surface area contributed by atoms with E-state index >= 15 is 0 Å².